The van der Waals surface area contributed by atoms with Gasteiger partial charge in [-0.25, -0.2) is 9.67 Å². The fraction of sp³-hybridized carbons (Fsp3) is 0.176. The van der Waals surface area contributed by atoms with Crippen LogP contribution in [0, 0.1) is 6.92 Å². The average Bonchev–Trinajstić information content (AvgIpc) is 3.07. The summed E-state index contributed by atoms with van der Waals surface area (Å²) in [6.45, 7) is 2.66. The molecule has 0 bridgehead atoms. The fourth-order valence-electron chi connectivity index (χ4n) is 2.39. The van der Waals surface area contributed by atoms with Gasteiger partial charge in [0, 0.05) is 12.2 Å². The molecule has 0 radical (unpaired) electrons. The summed E-state index contributed by atoms with van der Waals surface area (Å²) in [5.41, 5.74) is 2.43. The van der Waals surface area contributed by atoms with Crippen LogP contribution in [0.1, 0.15) is 27.2 Å². The van der Waals surface area contributed by atoms with Crippen molar-refractivity contribution in [3.8, 4) is 0 Å². The van der Waals surface area contributed by atoms with E-state index in [0.717, 1.165) is 16.8 Å². The van der Waals surface area contributed by atoms with Crippen molar-refractivity contribution in [2.45, 2.75) is 20.0 Å². The Labute approximate surface area is 138 Å². The van der Waals surface area contributed by atoms with E-state index in [0.29, 0.717) is 13.1 Å². The summed E-state index contributed by atoms with van der Waals surface area (Å²) in [7, 11) is 0. The van der Waals surface area contributed by atoms with Crippen LogP contribution >= 0.6 is 0 Å². The quantitative estimate of drug-likeness (QED) is 0.739. The van der Waals surface area contributed by atoms with Gasteiger partial charge < -0.3 is 10.3 Å². The molecule has 0 atom stereocenters. The number of carbonyl (C=O) groups excluding carboxylic acids is 1. The monoisotopic (exact) mass is 323 g/mol. The number of nitrogens with one attached hydrogen (secondary N) is 2. The van der Waals surface area contributed by atoms with Crippen LogP contribution in [0.25, 0.3) is 0 Å². The second kappa shape index (κ2) is 6.91. The molecule has 0 spiro atoms. The molecule has 1 aromatic carbocycles. The van der Waals surface area contributed by atoms with Crippen molar-refractivity contribution in [3.63, 3.8) is 0 Å². The van der Waals surface area contributed by atoms with Gasteiger partial charge in [-0.1, -0.05) is 24.3 Å². The highest BCUT2D eigenvalue weighted by Gasteiger charge is 2.11. The lowest BCUT2D eigenvalue weighted by Gasteiger charge is -2.10. The predicted molar refractivity (Wildman–Crippen MR) is 88.5 cm³/mol. The molecule has 0 aliphatic carbocycles. The van der Waals surface area contributed by atoms with Gasteiger partial charge in [0.1, 0.15) is 18.2 Å². The molecular weight excluding hydrogens is 306 g/mol. The number of rotatable bonds is 5. The first-order valence-electron chi connectivity index (χ1n) is 7.51. The number of hydrogen-bond donors (Lipinski definition) is 2. The van der Waals surface area contributed by atoms with Gasteiger partial charge in [-0.3, -0.25) is 9.59 Å². The van der Waals surface area contributed by atoms with E-state index in [1.165, 1.54) is 12.4 Å². The van der Waals surface area contributed by atoms with Gasteiger partial charge in [0.2, 0.25) is 0 Å². The van der Waals surface area contributed by atoms with Gasteiger partial charge in [0.25, 0.3) is 11.5 Å². The predicted octanol–water partition coefficient (Wildman–Crippen LogP) is 1.25. The van der Waals surface area contributed by atoms with Gasteiger partial charge in [-0.05, 0) is 30.2 Å². The number of benzene rings is 1. The maximum atomic E-state index is 12.2. The Morgan fingerprint density at radius 3 is 2.71 bits per heavy atom. The van der Waals surface area contributed by atoms with Gasteiger partial charge in [-0.15, -0.1) is 0 Å². The molecule has 0 saturated carbocycles. The van der Waals surface area contributed by atoms with Crippen LogP contribution < -0.4 is 10.9 Å². The molecule has 0 saturated heterocycles. The largest absolute Gasteiger partial charge is 0.348 e. The molecule has 2 heterocycles. The topological polar surface area (TPSA) is 92.7 Å². The molecule has 122 valence electrons. The molecule has 0 aliphatic rings. The van der Waals surface area contributed by atoms with Gasteiger partial charge in [-0.2, -0.15) is 5.10 Å². The summed E-state index contributed by atoms with van der Waals surface area (Å²) in [6, 6.07) is 11.0. The van der Waals surface area contributed by atoms with E-state index in [4.69, 9.17) is 0 Å². The van der Waals surface area contributed by atoms with Crippen LogP contribution in [0.4, 0.5) is 0 Å². The van der Waals surface area contributed by atoms with Crippen LogP contribution in [0.3, 0.4) is 0 Å². The first-order chi connectivity index (χ1) is 11.6. The van der Waals surface area contributed by atoms with Crippen LogP contribution in [-0.4, -0.2) is 25.7 Å². The highest BCUT2D eigenvalue weighted by atomic mass is 16.2. The average molecular weight is 323 g/mol. The molecule has 0 unspecified atom stereocenters. The lowest BCUT2D eigenvalue weighted by molar-refractivity contribution is 0.0949. The van der Waals surface area contributed by atoms with Crippen LogP contribution in [0.2, 0.25) is 0 Å². The number of aromatic nitrogens is 4. The maximum Gasteiger partial charge on any atom is 0.260 e. The Morgan fingerprint density at radius 1 is 1.21 bits per heavy atom. The molecule has 2 aromatic heterocycles. The van der Waals surface area contributed by atoms with Crippen molar-refractivity contribution >= 4 is 5.91 Å². The summed E-state index contributed by atoms with van der Waals surface area (Å²) in [5.74, 6) is -0.396. The Morgan fingerprint density at radius 2 is 2.00 bits per heavy atom. The first kappa shape index (κ1) is 15.7. The van der Waals surface area contributed by atoms with E-state index in [-0.39, 0.29) is 11.1 Å². The van der Waals surface area contributed by atoms with Crippen molar-refractivity contribution in [1.82, 2.24) is 25.1 Å². The second-order valence-electron chi connectivity index (χ2n) is 5.43. The number of carbonyl (C=O) groups is 1. The zero-order valence-electron chi connectivity index (χ0n) is 13.2. The lowest BCUT2D eigenvalue weighted by atomic mass is 10.1. The van der Waals surface area contributed by atoms with E-state index in [1.807, 2.05) is 24.3 Å². The van der Waals surface area contributed by atoms with E-state index in [9.17, 15) is 9.59 Å². The number of aryl methyl sites for hydroxylation is 1. The molecule has 0 fully saturated rings. The standard InChI is InChI=1S/C17H17N5O2/c1-12-6-7-15(17(24)21-12)16(23)19-8-13-4-2-3-5-14(13)9-22-11-18-10-20-22/h2-7,10-11H,8-9H2,1H3,(H,19,23)(H,21,24). The molecular formula is C17H17N5O2. The van der Waals surface area contributed by atoms with Gasteiger partial charge >= 0.3 is 0 Å². The molecule has 24 heavy (non-hydrogen) atoms. The maximum absolute atomic E-state index is 12.2. The Hall–Kier alpha value is -3.22. The summed E-state index contributed by atoms with van der Waals surface area (Å²) < 4.78 is 1.71. The number of hydrogen-bond acceptors (Lipinski definition) is 4. The minimum atomic E-state index is -0.396. The van der Waals surface area contributed by atoms with Crippen LogP contribution in [-0.2, 0) is 13.1 Å². The molecule has 3 aromatic rings. The van der Waals surface area contributed by atoms with Crippen molar-refractivity contribution in [1.29, 1.82) is 0 Å². The third-order valence-electron chi connectivity index (χ3n) is 3.66. The SMILES string of the molecule is Cc1ccc(C(=O)NCc2ccccc2Cn2cncn2)c(=O)[nH]1. The van der Waals surface area contributed by atoms with E-state index in [2.05, 4.69) is 20.4 Å². The van der Waals surface area contributed by atoms with E-state index in [1.54, 1.807) is 24.0 Å². The Balaban J connectivity index is 1.72. The number of aromatic amines is 1. The van der Waals surface area contributed by atoms with Crippen molar-refractivity contribution < 1.29 is 4.79 Å². The van der Waals surface area contributed by atoms with E-state index >= 15 is 0 Å². The molecule has 1 amide bonds. The third-order valence-corrected chi connectivity index (χ3v) is 3.66. The molecule has 7 heteroatoms. The minimum Gasteiger partial charge on any atom is -0.348 e. The smallest absolute Gasteiger partial charge is 0.260 e. The minimum absolute atomic E-state index is 0.106. The number of nitrogens with zero attached hydrogens (tertiary/aromatic N) is 3. The zero-order chi connectivity index (χ0) is 16.9. The molecule has 3 rings (SSSR count). The molecule has 2 N–H and O–H groups in total. The number of pyridine rings is 1. The number of H-pyrrole nitrogens is 1. The van der Waals surface area contributed by atoms with Crippen molar-refractivity contribution in [2.75, 3.05) is 0 Å². The summed E-state index contributed by atoms with van der Waals surface area (Å²) in [6.07, 6.45) is 3.12. The van der Waals surface area contributed by atoms with Crippen molar-refractivity contribution in [2.24, 2.45) is 0 Å². The normalized spacial score (nSPS) is 10.5. The van der Waals surface area contributed by atoms with E-state index < -0.39 is 5.91 Å². The number of amides is 1. The van der Waals surface area contributed by atoms with Gasteiger partial charge in [0.05, 0.1) is 6.54 Å². The summed E-state index contributed by atoms with van der Waals surface area (Å²) in [4.78, 5) is 30.6. The Kier molecular flexibility index (Phi) is 4.51. The lowest BCUT2D eigenvalue weighted by Crippen LogP contribution is -2.29. The molecule has 0 aliphatic heterocycles. The summed E-state index contributed by atoms with van der Waals surface area (Å²) in [5, 5.41) is 6.88. The van der Waals surface area contributed by atoms with Gasteiger partial charge in [0.15, 0.2) is 0 Å². The Bertz CT molecular complexity index is 899. The van der Waals surface area contributed by atoms with Crippen LogP contribution in [0.15, 0.2) is 53.8 Å². The zero-order valence-corrected chi connectivity index (χ0v) is 13.2. The highest BCUT2D eigenvalue weighted by molar-refractivity contribution is 5.93. The fourth-order valence-corrected chi connectivity index (χ4v) is 2.39. The van der Waals surface area contributed by atoms with Crippen molar-refractivity contribution in [3.05, 3.63) is 81.8 Å². The second-order valence-corrected chi connectivity index (χ2v) is 5.43. The highest BCUT2D eigenvalue weighted by Crippen LogP contribution is 2.10. The summed E-state index contributed by atoms with van der Waals surface area (Å²) >= 11 is 0. The van der Waals surface area contributed by atoms with Crippen LogP contribution in [0.5, 0.6) is 0 Å². The first-order valence-corrected chi connectivity index (χ1v) is 7.51. The third kappa shape index (κ3) is 3.57. The molecule has 7 nitrogen and oxygen atoms in total.